The molecule has 1 aliphatic rings. The summed E-state index contributed by atoms with van der Waals surface area (Å²) >= 11 is 0. The van der Waals surface area contributed by atoms with Crippen molar-refractivity contribution in [2.75, 3.05) is 13.2 Å². The molecule has 0 atom stereocenters. The van der Waals surface area contributed by atoms with Crippen molar-refractivity contribution in [1.82, 2.24) is 0 Å². The van der Waals surface area contributed by atoms with Crippen molar-refractivity contribution in [3.05, 3.63) is 12.7 Å². The van der Waals surface area contributed by atoms with E-state index in [2.05, 4.69) is 6.58 Å². The lowest BCUT2D eigenvalue weighted by Gasteiger charge is -2.27. The lowest BCUT2D eigenvalue weighted by Crippen LogP contribution is -2.23. The van der Waals surface area contributed by atoms with Gasteiger partial charge in [-0.3, -0.25) is 0 Å². The molecule has 1 rings (SSSR count). The molecule has 0 aromatic rings. The van der Waals surface area contributed by atoms with Gasteiger partial charge in [0.05, 0.1) is 13.2 Å². The molecule has 0 amide bonds. The molecule has 1 aliphatic carbocycles. The van der Waals surface area contributed by atoms with Gasteiger partial charge in [-0.15, -0.1) is 6.42 Å². The first-order valence-electron chi connectivity index (χ1n) is 6.08. The molecular weight excluding hydrogens is 232 g/mol. The molecule has 0 aliphatic heterocycles. The second kappa shape index (κ2) is 7.54. The minimum atomic E-state index is -0.600. The van der Waals surface area contributed by atoms with E-state index in [1.165, 1.54) is 6.08 Å². The van der Waals surface area contributed by atoms with E-state index < -0.39 is 5.97 Å². The number of hydrogen-bond acceptors (Lipinski definition) is 4. The van der Waals surface area contributed by atoms with E-state index in [0.717, 1.165) is 25.7 Å². The van der Waals surface area contributed by atoms with Crippen molar-refractivity contribution in [1.29, 1.82) is 0 Å². The molecule has 4 nitrogen and oxygen atoms in total. The van der Waals surface area contributed by atoms with Crippen LogP contribution in [-0.4, -0.2) is 25.2 Å². The molecule has 0 aromatic heterocycles. The van der Waals surface area contributed by atoms with Gasteiger partial charge in [-0.25, -0.2) is 9.59 Å². The summed E-state index contributed by atoms with van der Waals surface area (Å²) in [6.07, 6.45) is 9.96. The Hall–Kier alpha value is -1.76. The summed E-state index contributed by atoms with van der Waals surface area (Å²) in [4.78, 5) is 21.7. The summed E-state index contributed by atoms with van der Waals surface area (Å²) in [5.41, 5.74) is 0. The Morgan fingerprint density at radius 1 is 1.17 bits per heavy atom. The van der Waals surface area contributed by atoms with E-state index in [4.69, 9.17) is 15.9 Å². The molecule has 0 saturated heterocycles. The minimum Gasteiger partial charge on any atom is -0.462 e. The molecule has 0 bridgehead atoms. The number of terminal acetylenes is 1. The Balaban J connectivity index is 2.16. The van der Waals surface area contributed by atoms with Gasteiger partial charge in [-0.05, 0) is 37.5 Å². The quantitative estimate of drug-likeness (QED) is 0.322. The van der Waals surface area contributed by atoms with E-state index in [-0.39, 0.29) is 5.97 Å². The van der Waals surface area contributed by atoms with Crippen molar-refractivity contribution < 1.29 is 19.1 Å². The van der Waals surface area contributed by atoms with Crippen LogP contribution in [0.2, 0.25) is 0 Å². The predicted octanol–water partition coefficient (Wildman–Crippen LogP) is 1.70. The first-order valence-corrected chi connectivity index (χ1v) is 6.08. The van der Waals surface area contributed by atoms with Gasteiger partial charge in [0, 0.05) is 12.0 Å². The van der Waals surface area contributed by atoms with E-state index in [0.29, 0.717) is 25.0 Å². The maximum absolute atomic E-state index is 10.9. The van der Waals surface area contributed by atoms with Crippen molar-refractivity contribution in [3.8, 4) is 12.3 Å². The van der Waals surface area contributed by atoms with Crippen LogP contribution in [0.25, 0.3) is 0 Å². The average Bonchev–Trinajstić information content (AvgIpc) is 2.43. The van der Waals surface area contributed by atoms with Gasteiger partial charge >= 0.3 is 11.9 Å². The number of hydrogen-bond donors (Lipinski definition) is 0. The summed E-state index contributed by atoms with van der Waals surface area (Å²) < 4.78 is 9.92. The topological polar surface area (TPSA) is 52.6 Å². The van der Waals surface area contributed by atoms with Crippen molar-refractivity contribution in [2.45, 2.75) is 25.7 Å². The molecule has 0 aromatic carbocycles. The third-order valence-corrected chi connectivity index (χ3v) is 3.16. The van der Waals surface area contributed by atoms with Crippen LogP contribution in [0.5, 0.6) is 0 Å². The maximum atomic E-state index is 10.9. The van der Waals surface area contributed by atoms with Gasteiger partial charge in [0.15, 0.2) is 0 Å². The van der Waals surface area contributed by atoms with Crippen LogP contribution in [0.1, 0.15) is 25.7 Å². The van der Waals surface area contributed by atoms with Crippen LogP contribution in [0.15, 0.2) is 12.7 Å². The second-order valence-corrected chi connectivity index (χ2v) is 4.46. The van der Waals surface area contributed by atoms with E-state index >= 15 is 0 Å². The number of ether oxygens (including phenoxy) is 2. The van der Waals surface area contributed by atoms with Gasteiger partial charge in [0.2, 0.25) is 0 Å². The van der Waals surface area contributed by atoms with Gasteiger partial charge in [0.25, 0.3) is 0 Å². The van der Waals surface area contributed by atoms with Crippen molar-refractivity contribution >= 4 is 11.9 Å². The number of esters is 2. The molecule has 1 fully saturated rings. The fourth-order valence-corrected chi connectivity index (χ4v) is 2.06. The first kappa shape index (κ1) is 14.3. The molecule has 1 saturated carbocycles. The first-order chi connectivity index (χ1) is 8.65. The molecule has 0 N–H and O–H groups in total. The highest BCUT2D eigenvalue weighted by molar-refractivity contribution is 5.87. The fourth-order valence-electron chi connectivity index (χ4n) is 2.06. The van der Waals surface area contributed by atoms with Crippen LogP contribution in [0.4, 0.5) is 0 Å². The fraction of sp³-hybridized carbons (Fsp3) is 0.571. The van der Waals surface area contributed by atoms with E-state index in [9.17, 15) is 9.59 Å². The van der Waals surface area contributed by atoms with Crippen LogP contribution in [0.3, 0.4) is 0 Å². The molecule has 0 radical (unpaired) electrons. The summed E-state index contributed by atoms with van der Waals surface area (Å²) in [7, 11) is 0. The number of carbonyl (C=O) groups is 2. The largest absolute Gasteiger partial charge is 0.462 e. The lowest BCUT2D eigenvalue weighted by atomic mass is 9.83. The van der Waals surface area contributed by atoms with E-state index in [1.54, 1.807) is 0 Å². The molecule has 0 heterocycles. The molecule has 0 spiro atoms. The number of rotatable bonds is 5. The van der Waals surface area contributed by atoms with Gasteiger partial charge < -0.3 is 9.47 Å². The Bertz CT molecular complexity index is 345. The van der Waals surface area contributed by atoms with Crippen LogP contribution < -0.4 is 0 Å². The van der Waals surface area contributed by atoms with Gasteiger partial charge in [-0.1, -0.05) is 6.58 Å². The Labute approximate surface area is 107 Å². The highest BCUT2D eigenvalue weighted by Crippen LogP contribution is 2.29. The zero-order valence-electron chi connectivity index (χ0n) is 10.4. The summed E-state index contributed by atoms with van der Waals surface area (Å²) in [5.74, 6) is 1.72. The maximum Gasteiger partial charge on any atom is 0.384 e. The SMILES string of the molecule is C#CC(=O)OCC1CCC(COC(=O)C=C)CC1. The zero-order valence-corrected chi connectivity index (χ0v) is 10.4. The van der Waals surface area contributed by atoms with Crippen molar-refractivity contribution in [2.24, 2.45) is 11.8 Å². The smallest absolute Gasteiger partial charge is 0.384 e. The van der Waals surface area contributed by atoms with E-state index in [1.807, 2.05) is 5.92 Å². The molecule has 18 heavy (non-hydrogen) atoms. The molecule has 4 heteroatoms. The highest BCUT2D eigenvalue weighted by atomic mass is 16.5. The third-order valence-electron chi connectivity index (χ3n) is 3.16. The third kappa shape index (κ3) is 5.05. The lowest BCUT2D eigenvalue weighted by molar-refractivity contribution is -0.141. The summed E-state index contributed by atoms with van der Waals surface area (Å²) in [6.45, 7) is 4.18. The van der Waals surface area contributed by atoms with Crippen LogP contribution in [-0.2, 0) is 19.1 Å². The van der Waals surface area contributed by atoms with Crippen molar-refractivity contribution in [3.63, 3.8) is 0 Å². The standard InChI is InChI=1S/C14H18O4/c1-3-13(15)17-9-11-5-7-12(8-6-11)10-18-14(16)4-2/h1,4,11-12H,2,5-10H2. The molecular formula is C14H18O4. The predicted molar refractivity (Wildman–Crippen MR) is 66.4 cm³/mol. The second-order valence-electron chi connectivity index (χ2n) is 4.46. The monoisotopic (exact) mass is 250 g/mol. The zero-order chi connectivity index (χ0) is 13.4. The van der Waals surface area contributed by atoms with Crippen LogP contribution >= 0.6 is 0 Å². The Morgan fingerprint density at radius 3 is 2.11 bits per heavy atom. The summed E-state index contributed by atoms with van der Waals surface area (Å²) in [6, 6.07) is 0. The average molecular weight is 250 g/mol. The Kier molecular flexibility index (Phi) is 5.99. The normalized spacial score (nSPS) is 22.6. The van der Waals surface area contributed by atoms with Gasteiger partial charge in [0.1, 0.15) is 0 Å². The molecule has 0 unspecified atom stereocenters. The molecule has 98 valence electrons. The van der Waals surface area contributed by atoms with Crippen LogP contribution in [0, 0.1) is 24.2 Å². The minimum absolute atomic E-state index is 0.369. The summed E-state index contributed by atoms with van der Waals surface area (Å²) in [5, 5.41) is 0. The van der Waals surface area contributed by atoms with Gasteiger partial charge in [-0.2, -0.15) is 0 Å². The highest BCUT2D eigenvalue weighted by Gasteiger charge is 2.22. The Morgan fingerprint density at radius 2 is 1.67 bits per heavy atom. The number of carbonyl (C=O) groups excluding carboxylic acids is 2.